The molecule has 0 fully saturated rings. The molecule has 2 rings (SSSR count). The maximum Gasteiger partial charge on any atom is 0.244 e. The highest BCUT2D eigenvalue weighted by molar-refractivity contribution is 5.39. The number of anilines is 2. The van der Waals surface area contributed by atoms with Crippen molar-refractivity contribution in [3.8, 4) is 0 Å². The molecule has 0 aromatic carbocycles. The highest BCUT2D eigenvalue weighted by atomic mass is 15.3. The van der Waals surface area contributed by atoms with Crippen LogP contribution < -0.4 is 10.2 Å². The molecule has 2 heterocycles. The Morgan fingerprint density at radius 1 is 1.24 bits per heavy atom. The third-order valence-corrected chi connectivity index (χ3v) is 3.24. The molecule has 0 aliphatic heterocycles. The van der Waals surface area contributed by atoms with Crippen molar-refractivity contribution in [3.05, 3.63) is 36.3 Å². The smallest absolute Gasteiger partial charge is 0.244 e. The lowest BCUT2D eigenvalue weighted by molar-refractivity contribution is 0.808. The molecular weight excluding hydrogens is 264 g/mol. The third-order valence-electron chi connectivity index (χ3n) is 3.24. The normalized spacial score (nSPS) is 10.4. The molecule has 0 saturated heterocycles. The zero-order valence-electron chi connectivity index (χ0n) is 12.7. The summed E-state index contributed by atoms with van der Waals surface area (Å²) < 4.78 is 0. The third kappa shape index (κ3) is 4.98. The molecule has 0 aliphatic carbocycles. The van der Waals surface area contributed by atoms with Gasteiger partial charge in [-0.2, -0.15) is 10.1 Å². The number of nitrogens with one attached hydrogen (secondary N) is 1. The standard InChI is InChI=1S/C15H22N6/c1-3-4-8-17-15-19-14(12-18-20-15)21(2)11-7-13-5-9-16-10-6-13/h5-6,9-10,12H,3-4,7-8,11H2,1-2H3,(H,17,19,20). The predicted molar refractivity (Wildman–Crippen MR) is 84.4 cm³/mol. The van der Waals surface area contributed by atoms with Crippen molar-refractivity contribution < 1.29 is 0 Å². The predicted octanol–water partition coefficient (Wildman–Crippen LogP) is 2.16. The Morgan fingerprint density at radius 2 is 2.05 bits per heavy atom. The molecule has 0 saturated carbocycles. The largest absolute Gasteiger partial charge is 0.358 e. The van der Waals surface area contributed by atoms with Gasteiger partial charge in [-0.1, -0.05) is 13.3 Å². The zero-order chi connectivity index (χ0) is 14.9. The molecule has 0 aliphatic rings. The van der Waals surface area contributed by atoms with Crippen molar-refractivity contribution in [2.45, 2.75) is 26.2 Å². The van der Waals surface area contributed by atoms with Crippen molar-refractivity contribution in [1.82, 2.24) is 20.2 Å². The van der Waals surface area contributed by atoms with Crippen LogP contribution in [0.15, 0.2) is 30.7 Å². The number of hydrogen-bond acceptors (Lipinski definition) is 6. The van der Waals surface area contributed by atoms with Crippen LogP contribution in [0.4, 0.5) is 11.8 Å². The Bertz CT molecular complexity index is 531. The number of rotatable bonds is 8. The Morgan fingerprint density at radius 3 is 2.81 bits per heavy atom. The second-order valence-corrected chi connectivity index (χ2v) is 4.95. The minimum atomic E-state index is 0.594. The van der Waals surface area contributed by atoms with Gasteiger partial charge in [0.15, 0.2) is 5.82 Å². The Balaban J connectivity index is 1.89. The van der Waals surface area contributed by atoms with Crippen LogP contribution in [0.2, 0.25) is 0 Å². The minimum absolute atomic E-state index is 0.594. The van der Waals surface area contributed by atoms with Crippen molar-refractivity contribution >= 4 is 11.8 Å². The summed E-state index contributed by atoms with van der Waals surface area (Å²) in [5.74, 6) is 1.43. The molecule has 0 radical (unpaired) electrons. The van der Waals surface area contributed by atoms with Crippen LogP contribution in [0.1, 0.15) is 25.3 Å². The van der Waals surface area contributed by atoms with Gasteiger partial charge in [-0.25, -0.2) is 0 Å². The van der Waals surface area contributed by atoms with Crippen LogP contribution in [0.5, 0.6) is 0 Å². The monoisotopic (exact) mass is 286 g/mol. The Labute approximate surface area is 125 Å². The van der Waals surface area contributed by atoms with Crippen LogP contribution >= 0.6 is 0 Å². The van der Waals surface area contributed by atoms with Gasteiger partial charge in [-0.05, 0) is 30.5 Å². The highest BCUT2D eigenvalue weighted by Crippen LogP contribution is 2.10. The number of pyridine rings is 1. The lowest BCUT2D eigenvalue weighted by Gasteiger charge is -2.18. The van der Waals surface area contributed by atoms with Crippen molar-refractivity contribution in [1.29, 1.82) is 0 Å². The summed E-state index contributed by atoms with van der Waals surface area (Å²) in [4.78, 5) is 10.6. The molecule has 2 aromatic rings. The van der Waals surface area contributed by atoms with E-state index in [2.05, 4.69) is 37.3 Å². The molecule has 6 nitrogen and oxygen atoms in total. The number of likely N-dealkylation sites (N-methyl/N-ethyl adjacent to an activating group) is 1. The van der Waals surface area contributed by atoms with Crippen molar-refractivity contribution in [3.63, 3.8) is 0 Å². The summed E-state index contributed by atoms with van der Waals surface area (Å²) in [7, 11) is 2.01. The van der Waals surface area contributed by atoms with Gasteiger partial charge in [-0.3, -0.25) is 4.98 Å². The molecular formula is C15H22N6. The number of unbranched alkanes of at least 4 members (excludes halogenated alkanes) is 1. The Kier molecular flexibility index (Phi) is 5.87. The van der Waals surface area contributed by atoms with Crippen LogP contribution in [0.3, 0.4) is 0 Å². The van der Waals surface area contributed by atoms with E-state index < -0.39 is 0 Å². The van der Waals surface area contributed by atoms with E-state index in [0.29, 0.717) is 5.95 Å². The maximum absolute atomic E-state index is 4.49. The molecule has 0 atom stereocenters. The summed E-state index contributed by atoms with van der Waals surface area (Å²) in [6.45, 7) is 3.91. The van der Waals surface area contributed by atoms with E-state index in [-0.39, 0.29) is 0 Å². The number of hydrogen-bond donors (Lipinski definition) is 1. The quantitative estimate of drug-likeness (QED) is 0.750. The topological polar surface area (TPSA) is 66.8 Å². The molecule has 0 bridgehead atoms. The molecule has 0 spiro atoms. The molecule has 0 amide bonds. The fourth-order valence-electron chi connectivity index (χ4n) is 1.89. The molecule has 112 valence electrons. The van der Waals surface area contributed by atoms with E-state index >= 15 is 0 Å². The van der Waals surface area contributed by atoms with E-state index in [4.69, 9.17) is 0 Å². The maximum atomic E-state index is 4.49. The summed E-state index contributed by atoms with van der Waals surface area (Å²) >= 11 is 0. The van der Waals surface area contributed by atoms with Crippen LogP contribution in [-0.2, 0) is 6.42 Å². The van der Waals surface area contributed by atoms with Gasteiger partial charge in [0.25, 0.3) is 0 Å². The van der Waals surface area contributed by atoms with E-state index in [1.807, 2.05) is 31.6 Å². The minimum Gasteiger partial charge on any atom is -0.358 e. The molecule has 0 unspecified atom stereocenters. The first-order valence-electron chi connectivity index (χ1n) is 7.33. The first-order valence-corrected chi connectivity index (χ1v) is 7.33. The fourth-order valence-corrected chi connectivity index (χ4v) is 1.89. The first kappa shape index (κ1) is 15.2. The van der Waals surface area contributed by atoms with Crippen molar-refractivity contribution in [2.24, 2.45) is 0 Å². The van der Waals surface area contributed by atoms with Gasteiger partial charge in [0.1, 0.15) is 0 Å². The molecule has 21 heavy (non-hydrogen) atoms. The summed E-state index contributed by atoms with van der Waals surface area (Å²) in [5.41, 5.74) is 1.26. The second kappa shape index (κ2) is 8.14. The number of aromatic nitrogens is 4. The fraction of sp³-hybridized carbons (Fsp3) is 0.467. The molecule has 1 N–H and O–H groups in total. The van der Waals surface area contributed by atoms with Crippen LogP contribution in [-0.4, -0.2) is 40.3 Å². The number of nitrogens with zero attached hydrogens (tertiary/aromatic N) is 5. The molecule has 2 aromatic heterocycles. The lowest BCUT2D eigenvalue weighted by Crippen LogP contribution is -2.22. The molecule has 6 heteroatoms. The highest BCUT2D eigenvalue weighted by Gasteiger charge is 2.05. The summed E-state index contributed by atoms with van der Waals surface area (Å²) in [6.07, 6.45) is 8.52. The zero-order valence-corrected chi connectivity index (χ0v) is 12.7. The van der Waals surface area contributed by atoms with Gasteiger partial charge in [-0.15, -0.1) is 5.10 Å². The van der Waals surface area contributed by atoms with Gasteiger partial charge in [0.05, 0.1) is 6.20 Å². The van der Waals surface area contributed by atoms with E-state index in [1.165, 1.54) is 5.56 Å². The average Bonchev–Trinajstić information content (AvgIpc) is 2.54. The van der Waals surface area contributed by atoms with E-state index in [9.17, 15) is 0 Å². The van der Waals surface area contributed by atoms with Crippen LogP contribution in [0.25, 0.3) is 0 Å². The Hall–Kier alpha value is -2.24. The van der Waals surface area contributed by atoms with Gasteiger partial charge in [0, 0.05) is 32.5 Å². The van der Waals surface area contributed by atoms with E-state index in [0.717, 1.165) is 38.2 Å². The average molecular weight is 286 g/mol. The first-order chi connectivity index (χ1) is 10.3. The lowest BCUT2D eigenvalue weighted by atomic mass is 10.2. The summed E-state index contributed by atoms with van der Waals surface area (Å²) in [6, 6.07) is 4.06. The SMILES string of the molecule is CCCCNc1nncc(N(C)CCc2ccncc2)n1. The van der Waals surface area contributed by atoms with Gasteiger partial charge >= 0.3 is 0 Å². The van der Waals surface area contributed by atoms with Crippen LogP contribution in [0, 0.1) is 0 Å². The van der Waals surface area contributed by atoms with E-state index in [1.54, 1.807) is 6.20 Å². The van der Waals surface area contributed by atoms with Gasteiger partial charge in [0.2, 0.25) is 5.95 Å². The van der Waals surface area contributed by atoms with Gasteiger partial charge < -0.3 is 10.2 Å². The van der Waals surface area contributed by atoms with Crippen molar-refractivity contribution in [2.75, 3.05) is 30.4 Å². The summed E-state index contributed by atoms with van der Waals surface area (Å²) in [5, 5.41) is 11.2. The second-order valence-electron chi connectivity index (χ2n) is 4.95.